The Balaban J connectivity index is 3.84. The predicted molar refractivity (Wildman–Crippen MR) is 50.9 cm³/mol. The van der Waals surface area contributed by atoms with E-state index in [-0.39, 0.29) is 12.3 Å². The van der Waals surface area contributed by atoms with Gasteiger partial charge in [-0.1, -0.05) is 13.8 Å². The fraction of sp³-hybridized carbons (Fsp3) is 0.667. The second kappa shape index (κ2) is 6.18. The molecule has 1 amide bonds. The van der Waals surface area contributed by atoms with Crippen LogP contribution in [0, 0.1) is 17.2 Å². The number of carbonyl (C=O) groups is 1. The van der Waals surface area contributed by atoms with Crippen LogP contribution >= 0.6 is 0 Å². The van der Waals surface area contributed by atoms with Crippen LogP contribution in [-0.4, -0.2) is 11.6 Å². The molecule has 13 heavy (non-hydrogen) atoms. The van der Waals surface area contributed by atoms with Gasteiger partial charge in [-0.2, -0.15) is 10.4 Å². The van der Waals surface area contributed by atoms with E-state index < -0.39 is 0 Å². The van der Waals surface area contributed by atoms with Gasteiger partial charge in [0, 0.05) is 5.71 Å². The quantitative estimate of drug-likeness (QED) is 0.526. The molecule has 0 aromatic heterocycles. The molecule has 0 radical (unpaired) electrons. The first kappa shape index (κ1) is 11.6. The molecule has 0 aromatic carbocycles. The summed E-state index contributed by atoms with van der Waals surface area (Å²) in [5.41, 5.74) is 3.19. The molecule has 72 valence electrons. The lowest BCUT2D eigenvalue weighted by atomic mass is 10.1. The van der Waals surface area contributed by atoms with E-state index in [1.165, 1.54) is 0 Å². The first-order chi connectivity index (χ1) is 6.06. The van der Waals surface area contributed by atoms with Crippen LogP contribution in [0.15, 0.2) is 5.10 Å². The second-order valence-corrected chi connectivity index (χ2v) is 3.31. The third-order valence-electron chi connectivity index (χ3n) is 1.31. The molecular weight excluding hydrogens is 166 g/mol. The van der Waals surface area contributed by atoms with E-state index in [0.29, 0.717) is 5.92 Å². The molecule has 1 N–H and O–H groups in total. The number of hydrazone groups is 1. The van der Waals surface area contributed by atoms with E-state index >= 15 is 0 Å². The highest BCUT2D eigenvalue weighted by Crippen LogP contribution is 2.00. The summed E-state index contributed by atoms with van der Waals surface area (Å²) in [6.07, 6.45) is 0.714. The molecular formula is C9H15N3O. The van der Waals surface area contributed by atoms with Gasteiger partial charge in [0.2, 0.25) is 0 Å². The number of hydrogen-bond donors (Lipinski definition) is 1. The molecule has 0 aliphatic heterocycles. The monoisotopic (exact) mass is 181 g/mol. The molecule has 0 aliphatic carbocycles. The molecule has 0 saturated heterocycles. The molecule has 0 unspecified atom stereocenters. The number of nitrogens with one attached hydrogen (secondary N) is 1. The van der Waals surface area contributed by atoms with E-state index in [0.717, 1.165) is 12.1 Å². The molecule has 0 rings (SSSR count). The summed E-state index contributed by atoms with van der Waals surface area (Å²) in [5, 5.41) is 12.0. The number of nitrogens with zero attached hydrogens (tertiary/aromatic N) is 2. The number of hydrogen-bond acceptors (Lipinski definition) is 3. The van der Waals surface area contributed by atoms with Crippen LogP contribution in [0.25, 0.3) is 0 Å². The summed E-state index contributed by atoms with van der Waals surface area (Å²) in [4.78, 5) is 10.8. The minimum Gasteiger partial charge on any atom is -0.272 e. The largest absolute Gasteiger partial charge is 0.272 e. The molecule has 4 heteroatoms. The Morgan fingerprint density at radius 2 is 2.23 bits per heavy atom. The first-order valence-electron chi connectivity index (χ1n) is 4.25. The zero-order valence-electron chi connectivity index (χ0n) is 8.29. The van der Waals surface area contributed by atoms with Crippen LogP contribution in [-0.2, 0) is 4.79 Å². The van der Waals surface area contributed by atoms with Crippen LogP contribution in [0.1, 0.15) is 33.6 Å². The zero-order chi connectivity index (χ0) is 10.3. The fourth-order valence-corrected chi connectivity index (χ4v) is 0.906. The van der Waals surface area contributed by atoms with Crippen molar-refractivity contribution in [2.75, 3.05) is 0 Å². The van der Waals surface area contributed by atoms with Gasteiger partial charge >= 0.3 is 0 Å². The third-order valence-corrected chi connectivity index (χ3v) is 1.31. The summed E-state index contributed by atoms with van der Waals surface area (Å²) in [7, 11) is 0. The molecule has 0 atom stereocenters. The van der Waals surface area contributed by atoms with Gasteiger partial charge in [-0.25, -0.2) is 5.43 Å². The van der Waals surface area contributed by atoms with E-state index in [4.69, 9.17) is 5.26 Å². The lowest BCUT2D eigenvalue weighted by molar-refractivity contribution is -0.120. The van der Waals surface area contributed by atoms with Crippen molar-refractivity contribution in [2.24, 2.45) is 11.0 Å². The van der Waals surface area contributed by atoms with Gasteiger partial charge in [0.1, 0.15) is 6.42 Å². The summed E-state index contributed by atoms with van der Waals surface area (Å²) in [5.74, 6) is 0.169. The number of rotatable bonds is 4. The highest BCUT2D eigenvalue weighted by atomic mass is 16.2. The molecule has 0 heterocycles. The Kier molecular flexibility index (Phi) is 5.53. The summed E-state index contributed by atoms with van der Waals surface area (Å²) in [6, 6.07) is 1.75. The van der Waals surface area contributed by atoms with Crippen molar-refractivity contribution in [3.05, 3.63) is 0 Å². The van der Waals surface area contributed by atoms with Gasteiger partial charge in [0.05, 0.1) is 6.07 Å². The average molecular weight is 181 g/mol. The molecule has 0 spiro atoms. The van der Waals surface area contributed by atoms with E-state index in [9.17, 15) is 4.79 Å². The molecule has 0 saturated carbocycles. The highest BCUT2D eigenvalue weighted by Gasteiger charge is 1.99. The zero-order valence-corrected chi connectivity index (χ0v) is 8.29. The van der Waals surface area contributed by atoms with Gasteiger partial charge in [-0.3, -0.25) is 4.79 Å². The van der Waals surface area contributed by atoms with E-state index in [2.05, 4.69) is 24.4 Å². The first-order valence-corrected chi connectivity index (χ1v) is 4.25. The van der Waals surface area contributed by atoms with Crippen LogP contribution in [0.5, 0.6) is 0 Å². The topological polar surface area (TPSA) is 65.2 Å². The number of carbonyl (C=O) groups excluding carboxylic acids is 1. The van der Waals surface area contributed by atoms with Crippen molar-refractivity contribution in [1.82, 2.24) is 5.43 Å². The standard InChI is InChI=1S/C9H15N3O/c1-7(2)6-8(3)11-12-9(13)4-5-10/h7H,4,6H2,1-3H3,(H,12,13)/b11-8-. The lowest BCUT2D eigenvalue weighted by Gasteiger charge is -2.03. The van der Waals surface area contributed by atoms with Crippen molar-refractivity contribution in [2.45, 2.75) is 33.6 Å². The maximum atomic E-state index is 10.8. The van der Waals surface area contributed by atoms with Crippen molar-refractivity contribution < 1.29 is 4.79 Å². The minimum atomic E-state index is -0.356. The summed E-state index contributed by atoms with van der Waals surface area (Å²) < 4.78 is 0. The lowest BCUT2D eigenvalue weighted by Crippen LogP contribution is -2.18. The van der Waals surface area contributed by atoms with Crippen molar-refractivity contribution >= 4 is 11.6 Å². The van der Waals surface area contributed by atoms with Crippen LogP contribution in [0.3, 0.4) is 0 Å². The Bertz CT molecular complexity index is 238. The number of amides is 1. The second-order valence-electron chi connectivity index (χ2n) is 3.31. The normalized spacial score (nSPS) is 11.2. The maximum absolute atomic E-state index is 10.8. The Labute approximate surface area is 78.6 Å². The Hall–Kier alpha value is -1.37. The fourth-order valence-electron chi connectivity index (χ4n) is 0.906. The van der Waals surface area contributed by atoms with E-state index in [1.54, 1.807) is 6.07 Å². The smallest absolute Gasteiger partial charge is 0.254 e. The SMILES string of the molecule is C/C(CC(C)C)=N/NC(=O)CC#N. The molecule has 0 aliphatic rings. The van der Waals surface area contributed by atoms with Crippen LogP contribution < -0.4 is 5.43 Å². The molecule has 0 fully saturated rings. The van der Waals surface area contributed by atoms with Crippen LogP contribution in [0.4, 0.5) is 0 Å². The summed E-state index contributed by atoms with van der Waals surface area (Å²) in [6.45, 7) is 6.01. The molecule has 0 aromatic rings. The third kappa shape index (κ3) is 7.01. The maximum Gasteiger partial charge on any atom is 0.254 e. The van der Waals surface area contributed by atoms with Crippen molar-refractivity contribution in [3.8, 4) is 6.07 Å². The molecule has 4 nitrogen and oxygen atoms in total. The Morgan fingerprint density at radius 1 is 1.62 bits per heavy atom. The van der Waals surface area contributed by atoms with E-state index in [1.807, 2.05) is 6.92 Å². The Morgan fingerprint density at radius 3 is 2.69 bits per heavy atom. The van der Waals surface area contributed by atoms with Gasteiger partial charge in [-0.15, -0.1) is 0 Å². The van der Waals surface area contributed by atoms with Gasteiger partial charge in [-0.05, 0) is 19.3 Å². The van der Waals surface area contributed by atoms with Crippen molar-refractivity contribution in [3.63, 3.8) is 0 Å². The highest BCUT2D eigenvalue weighted by molar-refractivity contribution is 5.84. The number of nitriles is 1. The van der Waals surface area contributed by atoms with Crippen molar-refractivity contribution in [1.29, 1.82) is 5.26 Å². The van der Waals surface area contributed by atoms with Crippen LogP contribution in [0.2, 0.25) is 0 Å². The summed E-state index contributed by atoms with van der Waals surface area (Å²) >= 11 is 0. The van der Waals surface area contributed by atoms with Gasteiger partial charge in [0.25, 0.3) is 5.91 Å². The minimum absolute atomic E-state index is 0.140. The predicted octanol–water partition coefficient (Wildman–Crippen LogP) is 1.44. The molecule has 0 bridgehead atoms. The average Bonchev–Trinajstić information content (AvgIpc) is 2.00. The van der Waals surface area contributed by atoms with Gasteiger partial charge < -0.3 is 0 Å². The van der Waals surface area contributed by atoms with Gasteiger partial charge in [0.15, 0.2) is 0 Å².